The predicted molar refractivity (Wildman–Crippen MR) is 75.2 cm³/mol. The van der Waals surface area contributed by atoms with Crippen LogP contribution in [-0.4, -0.2) is 26.2 Å². The summed E-state index contributed by atoms with van der Waals surface area (Å²) in [5.41, 5.74) is 7.19. The molecule has 0 saturated heterocycles. The van der Waals surface area contributed by atoms with Gasteiger partial charge in [-0.25, -0.2) is 0 Å². The van der Waals surface area contributed by atoms with Crippen molar-refractivity contribution in [2.45, 2.75) is 32.4 Å². The molecule has 1 aromatic rings. The molecule has 19 heavy (non-hydrogen) atoms. The number of rotatable bonds is 7. The van der Waals surface area contributed by atoms with Gasteiger partial charge < -0.3 is 20.5 Å². The second-order valence-electron chi connectivity index (χ2n) is 4.37. The minimum Gasteiger partial charge on any atom is -0.495 e. The summed E-state index contributed by atoms with van der Waals surface area (Å²) in [5.74, 6) is 0.568. The number of nitrogens with one attached hydrogen (secondary N) is 1. The van der Waals surface area contributed by atoms with Crippen molar-refractivity contribution in [2.75, 3.05) is 19.5 Å². The number of amides is 1. The number of anilines is 1. The Bertz CT molecular complexity index is 421. The first-order valence-electron chi connectivity index (χ1n) is 6.30. The van der Waals surface area contributed by atoms with E-state index in [9.17, 15) is 4.79 Å². The van der Waals surface area contributed by atoms with Crippen molar-refractivity contribution in [2.24, 2.45) is 5.73 Å². The zero-order chi connectivity index (χ0) is 14.3. The van der Waals surface area contributed by atoms with Crippen molar-refractivity contribution >= 4 is 11.6 Å². The average molecular weight is 266 g/mol. The fourth-order valence-electron chi connectivity index (χ4n) is 1.63. The average Bonchev–Trinajstić information content (AvgIpc) is 2.45. The number of carbonyl (C=O) groups excluding carboxylic acids is 1. The molecule has 1 rings (SSSR count). The molecule has 1 aromatic carbocycles. The number of methoxy groups -OCH3 is 2. The minimum atomic E-state index is -0.0531. The Morgan fingerprint density at radius 2 is 2.16 bits per heavy atom. The molecular weight excluding hydrogens is 244 g/mol. The van der Waals surface area contributed by atoms with Gasteiger partial charge >= 0.3 is 0 Å². The maximum atomic E-state index is 11.8. The molecule has 106 valence electrons. The summed E-state index contributed by atoms with van der Waals surface area (Å²) < 4.78 is 10.3. The van der Waals surface area contributed by atoms with E-state index in [4.69, 9.17) is 15.2 Å². The van der Waals surface area contributed by atoms with Crippen LogP contribution < -0.4 is 15.8 Å². The van der Waals surface area contributed by atoms with Gasteiger partial charge in [0.15, 0.2) is 0 Å². The van der Waals surface area contributed by atoms with Crippen LogP contribution in [0.25, 0.3) is 0 Å². The highest BCUT2D eigenvalue weighted by Crippen LogP contribution is 2.25. The van der Waals surface area contributed by atoms with Gasteiger partial charge in [0.05, 0.1) is 18.9 Å². The van der Waals surface area contributed by atoms with E-state index in [2.05, 4.69) is 5.32 Å². The van der Waals surface area contributed by atoms with Crippen LogP contribution in [0.1, 0.15) is 25.3 Å². The summed E-state index contributed by atoms with van der Waals surface area (Å²) in [5, 5.41) is 2.83. The van der Waals surface area contributed by atoms with Crippen LogP contribution in [0.5, 0.6) is 5.75 Å². The Labute approximate surface area is 114 Å². The third-order valence-electron chi connectivity index (χ3n) is 2.96. The van der Waals surface area contributed by atoms with E-state index in [-0.39, 0.29) is 12.0 Å². The summed E-state index contributed by atoms with van der Waals surface area (Å²) in [6, 6.07) is 5.50. The van der Waals surface area contributed by atoms with Gasteiger partial charge in [-0.3, -0.25) is 4.79 Å². The Morgan fingerprint density at radius 3 is 2.74 bits per heavy atom. The number of carbonyl (C=O) groups is 1. The predicted octanol–water partition coefficient (Wildman–Crippen LogP) is 1.91. The van der Waals surface area contributed by atoms with E-state index in [1.807, 2.05) is 19.1 Å². The van der Waals surface area contributed by atoms with Crippen LogP contribution in [0.3, 0.4) is 0 Å². The lowest BCUT2D eigenvalue weighted by Crippen LogP contribution is -2.15. The third kappa shape index (κ3) is 4.89. The van der Waals surface area contributed by atoms with Gasteiger partial charge in [0, 0.05) is 20.1 Å². The Morgan fingerprint density at radius 1 is 1.42 bits per heavy atom. The molecule has 0 heterocycles. The highest BCUT2D eigenvalue weighted by Gasteiger charge is 2.09. The fraction of sp³-hybridized carbons (Fsp3) is 0.500. The van der Waals surface area contributed by atoms with Crippen LogP contribution >= 0.6 is 0 Å². The number of hydrogen-bond donors (Lipinski definition) is 2. The van der Waals surface area contributed by atoms with Gasteiger partial charge in [0.25, 0.3) is 0 Å². The second-order valence-corrected chi connectivity index (χ2v) is 4.37. The first-order valence-corrected chi connectivity index (χ1v) is 6.30. The number of hydrogen-bond acceptors (Lipinski definition) is 4. The second kappa shape index (κ2) is 7.76. The molecule has 0 aliphatic rings. The molecule has 0 aromatic heterocycles. The zero-order valence-corrected chi connectivity index (χ0v) is 11.7. The van der Waals surface area contributed by atoms with E-state index >= 15 is 0 Å². The lowest BCUT2D eigenvalue weighted by Gasteiger charge is -2.12. The number of ether oxygens (including phenoxy) is 2. The van der Waals surface area contributed by atoms with Gasteiger partial charge in [-0.05, 0) is 31.0 Å². The van der Waals surface area contributed by atoms with Crippen LogP contribution in [-0.2, 0) is 16.1 Å². The highest BCUT2D eigenvalue weighted by molar-refractivity contribution is 5.92. The molecule has 5 heteroatoms. The van der Waals surface area contributed by atoms with Gasteiger partial charge in [-0.1, -0.05) is 6.07 Å². The molecule has 3 N–H and O–H groups in total. The first-order chi connectivity index (χ1) is 9.10. The number of nitrogens with two attached hydrogens (primary N) is 1. The molecule has 0 bridgehead atoms. The van der Waals surface area contributed by atoms with Crippen molar-refractivity contribution < 1.29 is 14.3 Å². The summed E-state index contributed by atoms with van der Waals surface area (Å²) in [6.45, 7) is 2.37. The monoisotopic (exact) mass is 266 g/mol. The molecule has 0 radical (unpaired) electrons. The van der Waals surface area contributed by atoms with E-state index in [1.54, 1.807) is 20.3 Å². The van der Waals surface area contributed by atoms with Gasteiger partial charge in [-0.2, -0.15) is 0 Å². The van der Waals surface area contributed by atoms with Crippen LogP contribution in [0.15, 0.2) is 18.2 Å². The van der Waals surface area contributed by atoms with Crippen molar-refractivity contribution in [3.05, 3.63) is 23.8 Å². The maximum Gasteiger partial charge on any atom is 0.224 e. The molecule has 0 saturated carbocycles. The fourth-order valence-corrected chi connectivity index (χ4v) is 1.63. The Hall–Kier alpha value is -1.59. The molecule has 1 atom stereocenters. The largest absolute Gasteiger partial charge is 0.495 e. The highest BCUT2D eigenvalue weighted by atomic mass is 16.5. The van der Waals surface area contributed by atoms with Gasteiger partial charge in [0.1, 0.15) is 5.75 Å². The first kappa shape index (κ1) is 15.5. The van der Waals surface area contributed by atoms with Gasteiger partial charge in [0.2, 0.25) is 5.91 Å². The summed E-state index contributed by atoms with van der Waals surface area (Å²) in [6.07, 6.45) is 1.18. The molecule has 0 aliphatic carbocycles. The minimum absolute atomic E-state index is 0.0531. The lowest BCUT2D eigenvalue weighted by atomic mass is 10.1. The quantitative estimate of drug-likeness (QED) is 0.790. The summed E-state index contributed by atoms with van der Waals surface area (Å²) in [7, 11) is 3.20. The van der Waals surface area contributed by atoms with E-state index in [0.29, 0.717) is 30.8 Å². The SMILES string of the molecule is COc1cc(CN)ccc1NC(=O)CCC(C)OC. The van der Waals surface area contributed by atoms with Crippen LogP contribution in [0.4, 0.5) is 5.69 Å². The van der Waals surface area contributed by atoms with E-state index in [1.165, 1.54) is 0 Å². The Balaban J connectivity index is 2.63. The summed E-state index contributed by atoms with van der Waals surface area (Å²) >= 11 is 0. The zero-order valence-electron chi connectivity index (χ0n) is 11.7. The molecule has 1 amide bonds. The molecule has 0 aliphatic heterocycles. The van der Waals surface area contributed by atoms with Crippen molar-refractivity contribution in [1.82, 2.24) is 0 Å². The molecular formula is C14H22N2O3. The molecule has 0 spiro atoms. The van der Waals surface area contributed by atoms with Crippen LogP contribution in [0.2, 0.25) is 0 Å². The molecule has 5 nitrogen and oxygen atoms in total. The smallest absolute Gasteiger partial charge is 0.224 e. The lowest BCUT2D eigenvalue weighted by molar-refractivity contribution is -0.116. The number of benzene rings is 1. The van der Waals surface area contributed by atoms with Crippen molar-refractivity contribution in [1.29, 1.82) is 0 Å². The molecule has 1 unspecified atom stereocenters. The standard InChI is InChI=1S/C14H22N2O3/c1-10(18-2)4-7-14(17)16-12-6-5-11(9-15)8-13(12)19-3/h5-6,8,10H,4,7,9,15H2,1-3H3,(H,16,17). The van der Waals surface area contributed by atoms with Crippen molar-refractivity contribution in [3.63, 3.8) is 0 Å². The topological polar surface area (TPSA) is 73.6 Å². The van der Waals surface area contributed by atoms with E-state index < -0.39 is 0 Å². The van der Waals surface area contributed by atoms with Crippen molar-refractivity contribution in [3.8, 4) is 5.75 Å². The molecule has 0 fully saturated rings. The normalized spacial score (nSPS) is 12.0. The van der Waals surface area contributed by atoms with E-state index in [0.717, 1.165) is 5.56 Å². The van der Waals surface area contributed by atoms with Crippen LogP contribution in [0, 0.1) is 0 Å². The summed E-state index contributed by atoms with van der Waals surface area (Å²) in [4.78, 5) is 11.8. The maximum absolute atomic E-state index is 11.8. The Kier molecular flexibility index (Phi) is 6.32. The van der Waals surface area contributed by atoms with Gasteiger partial charge in [-0.15, -0.1) is 0 Å². The third-order valence-corrected chi connectivity index (χ3v) is 2.96.